The molecule has 220 valence electrons. The minimum atomic E-state index is -4.84. The average Bonchev–Trinajstić information content (AvgIpc) is 3.23. The first kappa shape index (κ1) is 30.0. The van der Waals surface area contributed by atoms with E-state index in [0.717, 1.165) is 0 Å². The number of benzene rings is 1. The number of nitrogens with zero attached hydrogens (tertiary/aromatic N) is 2. The number of aliphatic hydroxyl groups is 1. The number of hydrazine groups is 1. The number of amides is 1. The van der Waals surface area contributed by atoms with Crippen LogP contribution in [0.15, 0.2) is 24.3 Å². The Labute approximate surface area is 231 Å². The van der Waals surface area contributed by atoms with Crippen LogP contribution in [0.25, 0.3) is 0 Å². The fourth-order valence-corrected chi connectivity index (χ4v) is 5.58. The smallest absolute Gasteiger partial charge is 0.421 e. The second-order valence-corrected chi connectivity index (χ2v) is 11.9. The number of carbonyl (C=O) groups excluding carboxylic acids is 2. The molecule has 0 aromatic heterocycles. The number of fused-ring (bicyclic) bond motifs is 1. The topological polar surface area (TPSA) is 136 Å². The maximum absolute atomic E-state index is 13.3. The van der Waals surface area contributed by atoms with Gasteiger partial charge in [-0.3, -0.25) is 4.79 Å². The first-order valence-electron chi connectivity index (χ1n) is 13.3. The van der Waals surface area contributed by atoms with Gasteiger partial charge in [0.2, 0.25) is 5.91 Å². The monoisotopic (exact) mass is 567 g/mol. The third-order valence-electron chi connectivity index (χ3n) is 7.76. The van der Waals surface area contributed by atoms with Gasteiger partial charge in [0.15, 0.2) is 11.7 Å². The predicted molar refractivity (Wildman–Crippen MR) is 137 cm³/mol. The molecule has 6 atom stereocenters. The van der Waals surface area contributed by atoms with Gasteiger partial charge in [-0.1, -0.05) is 12.1 Å². The summed E-state index contributed by atoms with van der Waals surface area (Å²) in [7, 11) is 0. The Hall–Kier alpha value is -2.92. The van der Waals surface area contributed by atoms with E-state index in [1.807, 2.05) is 5.01 Å². The quantitative estimate of drug-likeness (QED) is 0.383. The number of halogens is 3. The average molecular weight is 568 g/mol. The summed E-state index contributed by atoms with van der Waals surface area (Å²) in [5.41, 5.74) is -1.02. The third-order valence-corrected chi connectivity index (χ3v) is 7.76. The zero-order valence-electron chi connectivity index (χ0n) is 23.0. The lowest BCUT2D eigenvalue weighted by molar-refractivity contribution is -0.258. The second-order valence-electron chi connectivity index (χ2n) is 11.9. The van der Waals surface area contributed by atoms with E-state index in [9.17, 15) is 33.1 Å². The summed E-state index contributed by atoms with van der Waals surface area (Å²) in [5, 5.41) is 27.7. The molecule has 4 rings (SSSR count). The Bertz CT molecular complexity index is 1140. The van der Waals surface area contributed by atoms with E-state index in [0.29, 0.717) is 38.4 Å². The van der Waals surface area contributed by atoms with Crippen LogP contribution in [0.4, 0.5) is 18.9 Å². The highest BCUT2D eigenvalue weighted by molar-refractivity contribution is 5.82. The zero-order chi connectivity index (χ0) is 29.5. The van der Waals surface area contributed by atoms with Crippen LogP contribution in [0.2, 0.25) is 0 Å². The molecule has 1 amide bonds. The maximum atomic E-state index is 13.3. The molecule has 40 heavy (non-hydrogen) atoms. The fourth-order valence-electron chi connectivity index (χ4n) is 5.58. The summed E-state index contributed by atoms with van der Waals surface area (Å²) in [5.74, 6) is -1.24. The molecule has 3 aliphatic heterocycles. The van der Waals surface area contributed by atoms with Gasteiger partial charge >= 0.3 is 12.1 Å². The van der Waals surface area contributed by atoms with Gasteiger partial charge < -0.3 is 25.2 Å². The number of esters is 1. The van der Waals surface area contributed by atoms with E-state index in [2.05, 4.69) is 22.1 Å². The minimum absolute atomic E-state index is 0.0657. The number of rotatable bonds is 6. The molecular weight excluding hydrogens is 531 g/mol. The van der Waals surface area contributed by atoms with Gasteiger partial charge in [-0.15, -0.1) is 0 Å². The van der Waals surface area contributed by atoms with Gasteiger partial charge in [0, 0.05) is 18.3 Å². The largest absolute Gasteiger partial charge is 0.458 e. The fraction of sp³-hybridized carbons (Fsp3) is 0.667. The molecular formula is C27H36F3N5O5. The highest BCUT2D eigenvalue weighted by atomic mass is 19.4. The molecule has 4 N–H and O–H groups in total. The molecule has 3 saturated heterocycles. The van der Waals surface area contributed by atoms with Gasteiger partial charge in [-0.05, 0) is 64.7 Å². The summed E-state index contributed by atoms with van der Waals surface area (Å²) in [6.07, 6.45) is -4.80. The highest BCUT2D eigenvalue weighted by Gasteiger charge is 2.56. The van der Waals surface area contributed by atoms with E-state index >= 15 is 0 Å². The van der Waals surface area contributed by atoms with Gasteiger partial charge in [0.1, 0.15) is 11.8 Å². The maximum Gasteiger partial charge on any atom is 0.421 e. The lowest BCUT2D eigenvalue weighted by Crippen LogP contribution is -2.63. The Morgan fingerprint density at radius 3 is 2.48 bits per heavy atom. The lowest BCUT2D eigenvalue weighted by atomic mass is 9.83. The van der Waals surface area contributed by atoms with Gasteiger partial charge in [0.05, 0.1) is 30.6 Å². The normalized spacial score (nSPS) is 30.9. The summed E-state index contributed by atoms with van der Waals surface area (Å²) >= 11 is 0. The molecule has 1 aromatic rings. The molecule has 13 heteroatoms. The molecule has 10 nitrogen and oxygen atoms in total. The minimum Gasteiger partial charge on any atom is -0.458 e. The number of carbonyl (C=O) groups is 2. The predicted octanol–water partition coefficient (Wildman–Crippen LogP) is 2.69. The first-order chi connectivity index (χ1) is 18.6. The highest BCUT2D eigenvalue weighted by Crippen LogP contribution is 2.41. The van der Waals surface area contributed by atoms with Crippen LogP contribution >= 0.6 is 0 Å². The van der Waals surface area contributed by atoms with Crippen molar-refractivity contribution in [1.82, 2.24) is 15.8 Å². The van der Waals surface area contributed by atoms with E-state index in [4.69, 9.17) is 9.47 Å². The molecule has 0 saturated carbocycles. The number of nitrogens with one attached hydrogen (secondary N) is 3. The molecule has 0 radical (unpaired) electrons. The number of alkyl halides is 3. The summed E-state index contributed by atoms with van der Waals surface area (Å²) in [4.78, 5) is 25.6. The second kappa shape index (κ2) is 10.8. The number of anilines is 1. The van der Waals surface area contributed by atoms with Crippen molar-refractivity contribution in [2.45, 2.75) is 94.6 Å². The van der Waals surface area contributed by atoms with Crippen molar-refractivity contribution in [3.8, 4) is 6.07 Å². The van der Waals surface area contributed by atoms with Crippen molar-refractivity contribution >= 4 is 17.6 Å². The van der Waals surface area contributed by atoms with E-state index in [-0.39, 0.29) is 30.5 Å². The summed E-state index contributed by atoms with van der Waals surface area (Å²) in [6.45, 7) is 6.52. The van der Waals surface area contributed by atoms with Crippen molar-refractivity contribution in [2.24, 2.45) is 5.92 Å². The molecule has 3 fully saturated rings. The van der Waals surface area contributed by atoms with Crippen molar-refractivity contribution in [3.63, 3.8) is 0 Å². The number of nitriles is 1. The van der Waals surface area contributed by atoms with E-state index in [1.54, 1.807) is 20.8 Å². The van der Waals surface area contributed by atoms with Crippen LogP contribution < -0.4 is 16.1 Å². The summed E-state index contributed by atoms with van der Waals surface area (Å²) < 4.78 is 51.2. The van der Waals surface area contributed by atoms with Crippen molar-refractivity contribution in [2.75, 3.05) is 18.5 Å². The summed E-state index contributed by atoms with van der Waals surface area (Å²) in [6, 6.07) is 7.12. The molecule has 3 aliphatic rings. The van der Waals surface area contributed by atoms with E-state index in [1.165, 1.54) is 24.3 Å². The number of hydrogen-bond donors (Lipinski definition) is 4. The lowest BCUT2D eigenvalue weighted by Gasteiger charge is -2.47. The van der Waals surface area contributed by atoms with Crippen molar-refractivity contribution < 1.29 is 37.3 Å². The van der Waals surface area contributed by atoms with Gasteiger partial charge in [-0.25, -0.2) is 15.2 Å². The molecule has 0 spiro atoms. The first-order valence-corrected chi connectivity index (χ1v) is 13.3. The molecule has 3 heterocycles. The van der Waals surface area contributed by atoms with Crippen LogP contribution in [-0.4, -0.2) is 70.8 Å². The number of ether oxygens (including phenoxy) is 2. The van der Waals surface area contributed by atoms with Crippen LogP contribution in [0.1, 0.15) is 58.9 Å². The molecule has 4 unspecified atom stereocenters. The van der Waals surface area contributed by atoms with Crippen LogP contribution in [0.3, 0.4) is 0 Å². The van der Waals surface area contributed by atoms with Crippen molar-refractivity contribution in [3.05, 3.63) is 29.8 Å². The standard InChI is InChI=1S/C27H36F3N5O5/c1-24(2,3)40-23(37)19-9-11-26(12-13-31,15-39-19)35-18-10-14-32-22(36)20(18)21(34-35)33-17-7-5-16(6-8-17)25(4,38)27(28,29)30/h5-8,18-21,33-34,38H,9-12,14-15H2,1-4H3,(H,32,36)/t18?,19-,20?,21?,25?,26-/m0/s1. The third kappa shape index (κ3) is 5.90. The van der Waals surface area contributed by atoms with Crippen molar-refractivity contribution in [1.29, 1.82) is 5.26 Å². The van der Waals surface area contributed by atoms with Gasteiger partial charge in [0.25, 0.3) is 0 Å². The number of piperidine rings is 1. The zero-order valence-corrected chi connectivity index (χ0v) is 23.0. The van der Waals surface area contributed by atoms with E-state index < -0.39 is 47.1 Å². The Balaban J connectivity index is 1.54. The van der Waals surface area contributed by atoms with Crippen LogP contribution in [0.5, 0.6) is 0 Å². The van der Waals surface area contributed by atoms with Gasteiger partial charge in [-0.2, -0.15) is 18.4 Å². The van der Waals surface area contributed by atoms with Crippen LogP contribution in [0, 0.1) is 17.2 Å². The number of hydrogen-bond acceptors (Lipinski definition) is 9. The Morgan fingerprint density at radius 1 is 1.25 bits per heavy atom. The Kier molecular flexibility index (Phi) is 8.12. The molecule has 0 aliphatic carbocycles. The van der Waals surface area contributed by atoms with Crippen LogP contribution in [-0.2, 0) is 24.7 Å². The SMILES string of the molecule is CC(C)(C)OC(=O)[C@@H]1CC[C@@](CC#N)(N2NC(Nc3ccc(C(C)(O)C(F)(F)F)cc3)C3C(=O)NCCC32)CO1. The molecule has 0 bridgehead atoms. The Morgan fingerprint density at radius 2 is 1.93 bits per heavy atom. The molecule has 1 aromatic carbocycles.